The van der Waals surface area contributed by atoms with Crippen LogP contribution in [0.3, 0.4) is 0 Å². The number of hydrogen-bond acceptors (Lipinski definition) is 2. The molecule has 0 atom stereocenters. The van der Waals surface area contributed by atoms with Crippen molar-refractivity contribution in [1.29, 1.82) is 0 Å². The van der Waals surface area contributed by atoms with Crippen LogP contribution in [0.4, 0.5) is 0 Å². The van der Waals surface area contributed by atoms with E-state index in [9.17, 15) is 4.79 Å². The molecule has 0 spiro atoms. The zero-order valence-corrected chi connectivity index (χ0v) is 10.8. The average Bonchev–Trinajstić information content (AvgIpc) is 2.23. The first-order valence-corrected chi connectivity index (χ1v) is 6.03. The Bertz CT molecular complexity index is 386. The van der Waals surface area contributed by atoms with Gasteiger partial charge in [0.1, 0.15) is 0 Å². The molecule has 3 nitrogen and oxygen atoms in total. The van der Waals surface area contributed by atoms with Gasteiger partial charge in [-0.2, -0.15) is 0 Å². The van der Waals surface area contributed by atoms with Crippen molar-refractivity contribution in [3.63, 3.8) is 0 Å². The van der Waals surface area contributed by atoms with Crippen LogP contribution in [0.2, 0.25) is 0 Å². The lowest BCUT2D eigenvalue weighted by Crippen LogP contribution is -2.16. The lowest BCUT2D eigenvalue weighted by molar-refractivity contribution is 0.0696. The third kappa shape index (κ3) is 5.00. The largest absolute Gasteiger partial charge is 0.478 e. The summed E-state index contributed by atoms with van der Waals surface area (Å²) in [6.07, 6.45) is 1.14. The Morgan fingerprint density at radius 2 is 2.06 bits per heavy atom. The fraction of sp³-hybridized carbons (Fsp3) is 0.500. The number of hydrogen-bond donors (Lipinski definition) is 2. The minimum Gasteiger partial charge on any atom is -0.478 e. The van der Waals surface area contributed by atoms with Crippen molar-refractivity contribution in [1.82, 2.24) is 5.32 Å². The van der Waals surface area contributed by atoms with Crippen LogP contribution in [0.25, 0.3) is 0 Å². The van der Waals surface area contributed by atoms with Crippen molar-refractivity contribution < 1.29 is 9.90 Å². The molecule has 0 aliphatic rings. The molecule has 1 aromatic rings. The van der Waals surface area contributed by atoms with Crippen molar-refractivity contribution in [2.24, 2.45) is 5.92 Å². The highest BCUT2D eigenvalue weighted by Gasteiger charge is 2.05. The summed E-state index contributed by atoms with van der Waals surface area (Å²) >= 11 is 0. The Morgan fingerprint density at radius 3 is 2.65 bits per heavy atom. The summed E-state index contributed by atoms with van der Waals surface area (Å²) < 4.78 is 0. The van der Waals surface area contributed by atoms with E-state index < -0.39 is 5.97 Å². The molecule has 0 aliphatic carbocycles. The van der Waals surface area contributed by atoms with Gasteiger partial charge in [-0.3, -0.25) is 0 Å². The normalized spacial score (nSPS) is 10.8. The molecule has 0 radical (unpaired) electrons. The Balaban J connectivity index is 2.56. The van der Waals surface area contributed by atoms with E-state index in [-0.39, 0.29) is 0 Å². The summed E-state index contributed by atoms with van der Waals surface area (Å²) in [5.74, 6) is -0.174. The Labute approximate surface area is 103 Å². The van der Waals surface area contributed by atoms with Crippen LogP contribution in [0, 0.1) is 12.8 Å². The van der Waals surface area contributed by atoms with Gasteiger partial charge in [0.05, 0.1) is 5.56 Å². The zero-order valence-electron chi connectivity index (χ0n) is 10.8. The summed E-state index contributed by atoms with van der Waals surface area (Å²) in [7, 11) is 0. The molecule has 0 bridgehead atoms. The number of rotatable bonds is 6. The van der Waals surface area contributed by atoms with Gasteiger partial charge < -0.3 is 10.4 Å². The fourth-order valence-electron chi connectivity index (χ4n) is 1.71. The van der Waals surface area contributed by atoms with Crippen LogP contribution in [0.5, 0.6) is 0 Å². The molecule has 0 saturated heterocycles. The molecule has 0 aromatic heterocycles. The van der Waals surface area contributed by atoms with Gasteiger partial charge in [0.15, 0.2) is 0 Å². The van der Waals surface area contributed by atoms with Crippen molar-refractivity contribution in [2.45, 2.75) is 33.7 Å². The molecule has 0 amide bonds. The number of carboxylic acid groups (broad SMARTS) is 1. The second-order valence-electron chi connectivity index (χ2n) is 4.87. The third-order valence-electron chi connectivity index (χ3n) is 2.61. The third-order valence-corrected chi connectivity index (χ3v) is 2.61. The van der Waals surface area contributed by atoms with Gasteiger partial charge in [-0.25, -0.2) is 4.79 Å². The number of aromatic carboxylic acids is 1. The highest BCUT2D eigenvalue weighted by Crippen LogP contribution is 2.10. The second-order valence-corrected chi connectivity index (χ2v) is 4.87. The van der Waals surface area contributed by atoms with Gasteiger partial charge in [-0.1, -0.05) is 19.9 Å². The SMILES string of the molecule is Cc1cc(CNCCC(C)C)cc(C(=O)O)c1. The summed E-state index contributed by atoms with van der Waals surface area (Å²) in [5.41, 5.74) is 2.39. The molecule has 0 fully saturated rings. The highest BCUT2D eigenvalue weighted by atomic mass is 16.4. The van der Waals surface area contributed by atoms with E-state index in [1.165, 1.54) is 0 Å². The summed E-state index contributed by atoms with van der Waals surface area (Å²) in [6, 6.07) is 5.45. The topological polar surface area (TPSA) is 49.3 Å². The van der Waals surface area contributed by atoms with E-state index in [0.29, 0.717) is 11.5 Å². The molecule has 2 N–H and O–H groups in total. The molecule has 0 aliphatic heterocycles. The first-order chi connectivity index (χ1) is 7.99. The van der Waals surface area contributed by atoms with Crippen molar-refractivity contribution in [2.75, 3.05) is 6.54 Å². The molecule has 1 rings (SSSR count). The maximum Gasteiger partial charge on any atom is 0.335 e. The zero-order chi connectivity index (χ0) is 12.8. The minimum absolute atomic E-state index is 0.366. The van der Waals surface area contributed by atoms with Gasteiger partial charge >= 0.3 is 5.97 Å². The van der Waals surface area contributed by atoms with Crippen LogP contribution < -0.4 is 5.32 Å². The van der Waals surface area contributed by atoms with Crippen LogP contribution >= 0.6 is 0 Å². The molecular formula is C14H21NO2. The molecule has 1 aromatic carbocycles. The number of nitrogens with one attached hydrogen (secondary N) is 1. The molecule has 17 heavy (non-hydrogen) atoms. The standard InChI is InChI=1S/C14H21NO2/c1-10(2)4-5-15-9-12-6-11(3)7-13(8-12)14(16)17/h6-8,10,15H,4-5,9H2,1-3H3,(H,16,17). The van der Waals surface area contributed by atoms with Crippen molar-refractivity contribution in [3.05, 3.63) is 34.9 Å². The summed E-state index contributed by atoms with van der Waals surface area (Å²) in [6.45, 7) is 8.00. The summed E-state index contributed by atoms with van der Waals surface area (Å²) in [5, 5.41) is 12.3. The fourth-order valence-corrected chi connectivity index (χ4v) is 1.71. The Morgan fingerprint density at radius 1 is 1.35 bits per heavy atom. The van der Waals surface area contributed by atoms with Gasteiger partial charge in [0.2, 0.25) is 0 Å². The predicted molar refractivity (Wildman–Crippen MR) is 69.3 cm³/mol. The molecular weight excluding hydrogens is 214 g/mol. The van der Waals surface area contributed by atoms with Crippen molar-refractivity contribution >= 4 is 5.97 Å². The lowest BCUT2D eigenvalue weighted by atomic mass is 10.1. The van der Waals surface area contributed by atoms with Crippen LogP contribution in [-0.2, 0) is 6.54 Å². The maximum atomic E-state index is 10.9. The molecule has 0 heterocycles. The first kappa shape index (κ1) is 13.7. The van der Waals surface area contributed by atoms with Gasteiger partial charge in [-0.05, 0) is 49.1 Å². The smallest absolute Gasteiger partial charge is 0.335 e. The number of carbonyl (C=O) groups is 1. The number of benzene rings is 1. The predicted octanol–water partition coefficient (Wildman–Crippen LogP) is 2.83. The van der Waals surface area contributed by atoms with Crippen LogP contribution in [0.1, 0.15) is 41.8 Å². The van der Waals surface area contributed by atoms with Gasteiger partial charge in [0.25, 0.3) is 0 Å². The van der Waals surface area contributed by atoms with Gasteiger partial charge in [0, 0.05) is 6.54 Å². The lowest BCUT2D eigenvalue weighted by Gasteiger charge is -2.08. The van der Waals surface area contributed by atoms with E-state index in [1.807, 2.05) is 13.0 Å². The van der Waals surface area contributed by atoms with E-state index >= 15 is 0 Å². The number of aryl methyl sites for hydroxylation is 1. The molecule has 3 heteroatoms. The monoisotopic (exact) mass is 235 g/mol. The minimum atomic E-state index is -0.864. The van der Waals surface area contributed by atoms with E-state index in [1.54, 1.807) is 12.1 Å². The highest BCUT2D eigenvalue weighted by molar-refractivity contribution is 5.88. The average molecular weight is 235 g/mol. The quantitative estimate of drug-likeness (QED) is 0.745. The molecule has 0 saturated carbocycles. The first-order valence-electron chi connectivity index (χ1n) is 6.03. The van der Waals surface area contributed by atoms with E-state index in [2.05, 4.69) is 19.2 Å². The molecule has 0 unspecified atom stereocenters. The van der Waals surface area contributed by atoms with E-state index in [0.717, 1.165) is 30.6 Å². The van der Waals surface area contributed by atoms with Crippen molar-refractivity contribution in [3.8, 4) is 0 Å². The second kappa shape index (κ2) is 6.40. The van der Waals surface area contributed by atoms with Gasteiger partial charge in [-0.15, -0.1) is 0 Å². The van der Waals surface area contributed by atoms with E-state index in [4.69, 9.17) is 5.11 Å². The van der Waals surface area contributed by atoms with Crippen LogP contribution in [-0.4, -0.2) is 17.6 Å². The Hall–Kier alpha value is -1.35. The molecule has 94 valence electrons. The summed E-state index contributed by atoms with van der Waals surface area (Å²) in [4.78, 5) is 10.9. The Kier molecular flexibility index (Phi) is 5.16. The van der Waals surface area contributed by atoms with Crippen LogP contribution in [0.15, 0.2) is 18.2 Å². The maximum absolute atomic E-state index is 10.9. The number of carboxylic acids is 1.